The van der Waals surface area contributed by atoms with Crippen LogP contribution in [0.1, 0.15) is 29.5 Å². The van der Waals surface area contributed by atoms with E-state index >= 15 is 0 Å². The molecule has 5 heteroatoms. The molecule has 0 amide bonds. The fourth-order valence-electron chi connectivity index (χ4n) is 2.76. The smallest absolute Gasteiger partial charge is 0.122 e. The Hall–Kier alpha value is -1.30. The van der Waals surface area contributed by atoms with Crippen LogP contribution in [-0.4, -0.2) is 24.5 Å². The lowest BCUT2D eigenvalue weighted by molar-refractivity contribution is 0.209. The Morgan fingerprint density at radius 1 is 1.35 bits per heavy atom. The van der Waals surface area contributed by atoms with Crippen molar-refractivity contribution in [2.75, 3.05) is 25.4 Å². The zero-order valence-corrected chi connectivity index (χ0v) is 12.4. The first-order chi connectivity index (χ1) is 9.84. The molecule has 0 aliphatic carbocycles. The van der Waals surface area contributed by atoms with Crippen LogP contribution < -0.4 is 11.1 Å². The zero-order valence-electron chi connectivity index (χ0n) is 11.5. The van der Waals surface area contributed by atoms with E-state index in [0.717, 1.165) is 37.6 Å². The van der Waals surface area contributed by atoms with Gasteiger partial charge in [0, 0.05) is 23.7 Å². The average molecular weight is 291 g/mol. The number of likely N-dealkylation sites (tertiary alicyclic amines) is 1. The minimum atomic E-state index is 0.327. The first-order valence-electron chi connectivity index (χ1n) is 7.14. The highest BCUT2D eigenvalue weighted by atomic mass is 32.1. The van der Waals surface area contributed by atoms with Gasteiger partial charge < -0.3 is 15.5 Å². The lowest BCUT2D eigenvalue weighted by atomic mass is 10.2. The largest absolute Gasteiger partial charge is 0.468 e. The van der Waals surface area contributed by atoms with Gasteiger partial charge in [0.15, 0.2) is 0 Å². The van der Waals surface area contributed by atoms with Gasteiger partial charge in [0.2, 0.25) is 0 Å². The highest BCUT2D eigenvalue weighted by Crippen LogP contribution is 2.25. The van der Waals surface area contributed by atoms with Gasteiger partial charge in [-0.25, -0.2) is 0 Å². The van der Waals surface area contributed by atoms with Crippen LogP contribution in [0.15, 0.2) is 34.3 Å². The summed E-state index contributed by atoms with van der Waals surface area (Å²) in [6.45, 7) is 4.04. The van der Waals surface area contributed by atoms with Gasteiger partial charge in [-0.2, -0.15) is 0 Å². The second-order valence-corrected chi connectivity index (χ2v) is 6.20. The molecule has 0 radical (unpaired) electrons. The lowest BCUT2D eigenvalue weighted by Gasteiger charge is -2.26. The highest BCUT2D eigenvalue weighted by molar-refractivity contribution is 7.10. The van der Waals surface area contributed by atoms with Crippen molar-refractivity contribution >= 4 is 17.0 Å². The number of nitrogens with two attached hydrogens (primary N) is 1. The first-order valence-corrected chi connectivity index (χ1v) is 8.02. The van der Waals surface area contributed by atoms with Crippen molar-refractivity contribution in [3.63, 3.8) is 0 Å². The lowest BCUT2D eigenvalue weighted by Crippen LogP contribution is -2.33. The molecule has 2 aromatic rings. The molecule has 1 fully saturated rings. The SMILES string of the molecule is Nc1ccsc1CNCC(c1ccco1)N1CCCC1. The highest BCUT2D eigenvalue weighted by Gasteiger charge is 2.25. The first kappa shape index (κ1) is 13.7. The number of nitrogens with zero attached hydrogens (tertiary/aromatic N) is 1. The van der Waals surface area contributed by atoms with Crippen molar-refractivity contribution < 1.29 is 4.42 Å². The molecule has 3 heterocycles. The maximum atomic E-state index is 5.92. The quantitative estimate of drug-likeness (QED) is 0.859. The number of thiophene rings is 1. The van der Waals surface area contributed by atoms with E-state index in [1.807, 2.05) is 17.5 Å². The number of anilines is 1. The maximum absolute atomic E-state index is 5.92. The Labute approximate surface area is 123 Å². The van der Waals surface area contributed by atoms with Crippen LogP contribution in [0.25, 0.3) is 0 Å². The molecular weight excluding hydrogens is 270 g/mol. The van der Waals surface area contributed by atoms with Gasteiger partial charge in [0.25, 0.3) is 0 Å². The van der Waals surface area contributed by atoms with Gasteiger partial charge in [-0.15, -0.1) is 11.3 Å². The molecule has 4 nitrogen and oxygen atoms in total. The van der Waals surface area contributed by atoms with Gasteiger partial charge in [-0.1, -0.05) is 0 Å². The average Bonchev–Trinajstić information content (AvgIpc) is 3.18. The Morgan fingerprint density at radius 2 is 2.20 bits per heavy atom. The molecule has 0 aromatic carbocycles. The van der Waals surface area contributed by atoms with Crippen LogP contribution in [-0.2, 0) is 6.54 Å². The minimum Gasteiger partial charge on any atom is -0.468 e. The third-order valence-corrected chi connectivity index (χ3v) is 4.79. The van der Waals surface area contributed by atoms with Gasteiger partial charge >= 0.3 is 0 Å². The van der Waals surface area contributed by atoms with Gasteiger partial charge in [0.1, 0.15) is 5.76 Å². The van der Waals surface area contributed by atoms with E-state index < -0.39 is 0 Å². The fraction of sp³-hybridized carbons (Fsp3) is 0.467. The van der Waals surface area contributed by atoms with Gasteiger partial charge in [-0.3, -0.25) is 4.90 Å². The van der Waals surface area contributed by atoms with Crippen molar-refractivity contribution in [1.29, 1.82) is 0 Å². The summed E-state index contributed by atoms with van der Waals surface area (Å²) in [4.78, 5) is 3.72. The predicted octanol–water partition coefficient (Wildman–Crippen LogP) is 2.85. The van der Waals surface area contributed by atoms with Crippen LogP contribution >= 0.6 is 11.3 Å². The number of furan rings is 1. The van der Waals surface area contributed by atoms with Crippen LogP contribution in [0.5, 0.6) is 0 Å². The third kappa shape index (κ3) is 3.06. The summed E-state index contributed by atoms with van der Waals surface area (Å²) in [5, 5.41) is 5.56. The molecule has 0 spiro atoms. The molecule has 3 N–H and O–H groups in total. The van der Waals surface area contributed by atoms with Crippen LogP contribution in [0.2, 0.25) is 0 Å². The van der Waals surface area contributed by atoms with E-state index in [1.165, 1.54) is 17.7 Å². The second kappa shape index (κ2) is 6.43. The molecule has 20 heavy (non-hydrogen) atoms. The monoisotopic (exact) mass is 291 g/mol. The molecule has 1 aliphatic rings. The van der Waals surface area contributed by atoms with E-state index in [4.69, 9.17) is 10.2 Å². The maximum Gasteiger partial charge on any atom is 0.122 e. The summed E-state index contributed by atoms with van der Waals surface area (Å²) < 4.78 is 5.62. The number of nitrogens with one attached hydrogen (secondary N) is 1. The summed E-state index contributed by atoms with van der Waals surface area (Å²) in [7, 11) is 0. The third-order valence-electron chi connectivity index (χ3n) is 3.86. The summed E-state index contributed by atoms with van der Waals surface area (Å²) in [6, 6.07) is 6.33. The molecule has 1 saturated heterocycles. The standard InChI is InChI=1S/C15H21N3OS/c16-12-5-9-20-15(12)11-17-10-13(14-4-3-8-19-14)18-6-1-2-7-18/h3-5,8-9,13,17H,1-2,6-7,10-11,16H2. The Bertz CT molecular complexity index is 517. The number of nitrogen functional groups attached to an aromatic ring is 1. The van der Waals surface area contributed by atoms with Crippen molar-refractivity contribution in [1.82, 2.24) is 10.2 Å². The molecular formula is C15H21N3OS. The van der Waals surface area contributed by atoms with E-state index in [1.54, 1.807) is 17.6 Å². The van der Waals surface area contributed by atoms with E-state index in [0.29, 0.717) is 6.04 Å². The van der Waals surface area contributed by atoms with Crippen molar-refractivity contribution in [2.24, 2.45) is 0 Å². The normalized spacial score (nSPS) is 17.6. The molecule has 1 unspecified atom stereocenters. The van der Waals surface area contributed by atoms with E-state index in [9.17, 15) is 0 Å². The summed E-state index contributed by atoms with van der Waals surface area (Å²) in [5.74, 6) is 1.05. The molecule has 108 valence electrons. The zero-order chi connectivity index (χ0) is 13.8. The molecule has 3 rings (SSSR count). The number of hydrogen-bond donors (Lipinski definition) is 2. The Balaban J connectivity index is 1.60. The molecule has 0 saturated carbocycles. The predicted molar refractivity (Wildman–Crippen MR) is 82.7 cm³/mol. The van der Waals surface area contributed by atoms with Crippen molar-refractivity contribution in [2.45, 2.75) is 25.4 Å². The van der Waals surface area contributed by atoms with Crippen molar-refractivity contribution in [3.05, 3.63) is 40.5 Å². The molecule has 0 bridgehead atoms. The number of rotatable bonds is 6. The number of hydrogen-bond acceptors (Lipinski definition) is 5. The van der Waals surface area contributed by atoms with Crippen LogP contribution in [0.4, 0.5) is 5.69 Å². The Kier molecular flexibility index (Phi) is 4.40. The Morgan fingerprint density at radius 3 is 2.85 bits per heavy atom. The second-order valence-electron chi connectivity index (χ2n) is 5.20. The summed E-state index contributed by atoms with van der Waals surface area (Å²) >= 11 is 1.71. The molecule has 1 aliphatic heterocycles. The van der Waals surface area contributed by atoms with Gasteiger partial charge in [-0.05, 0) is 49.5 Å². The summed E-state index contributed by atoms with van der Waals surface area (Å²) in [5.41, 5.74) is 6.80. The minimum absolute atomic E-state index is 0.327. The molecule has 1 atom stereocenters. The van der Waals surface area contributed by atoms with E-state index in [2.05, 4.69) is 16.3 Å². The van der Waals surface area contributed by atoms with Gasteiger partial charge in [0.05, 0.1) is 12.3 Å². The summed E-state index contributed by atoms with van der Waals surface area (Å²) in [6.07, 6.45) is 4.33. The van der Waals surface area contributed by atoms with Crippen molar-refractivity contribution in [3.8, 4) is 0 Å². The fourth-order valence-corrected chi connectivity index (χ4v) is 3.53. The molecule has 2 aromatic heterocycles. The van der Waals surface area contributed by atoms with E-state index in [-0.39, 0.29) is 0 Å². The van der Waals surface area contributed by atoms with Crippen LogP contribution in [0, 0.1) is 0 Å². The topological polar surface area (TPSA) is 54.4 Å². The van der Waals surface area contributed by atoms with Crippen LogP contribution in [0.3, 0.4) is 0 Å².